The van der Waals surface area contributed by atoms with Crippen molar-refractivity contribution in [2.45, 2.75) is 32.7 Å². The topological polar surface area (TPSA) is 95.6 Å². The summed E-state index contributed by atoms with van der Waals surface area (Å²) in [6, 6.07) is 10.6. The van der Waals surface area contributed by atoms with Crippen molar-refractivity contribution in [1.82, 2.24) is 20.2 Å². The minimum absolute atomic E-state index is 0.0134. The van der Waals surface area contributed by atoms with Gasteiger partial charge in [-0.2, -0.15) is 5.10 Å². The van der Waals surface area contributed by atoms with Gasteiger partial charge >= 0.3 is 0 Å². The maximum absolute atomic E-state index is 13.9. The van der Waals surface area contributed by atoms with E-state index >= 15 is 0 Å². The Morgan fingerprint density at radius 3 is 2.61 bits per heavy atom. The number of aromatic nitrogens is 4. The Hall–Kier alpha value is -3.81. The van der Waals surface area contributed by atoms with Crippen molar-refractivity contribution in [1.29, 1.82) is 0 Å². The van der Waals surface area contributed by atoms with Crippen molar-refractivity contribution >= 4 is 28.4 Å². The Labute approximate surface area is 179 Å². The third kappa shape index (κ3) is 4.53. The van der Waals surface area contributed by atoms with Gasteiger partial charge < -0.3 is 10.6 Å². The first-order chi connectivity index (χ1) is 14.8. The van der Waals surface area contributed by atoms with Gasteiger partial charge in [0.15, 0.2) is 5.65 Å². The van der Waals surface area contributed by atoms with Crippen LogP contribution in [0.15, 0.2) is 55.0 Å². The minimum atomic E-state index is -0.583. The van der Waals surface area contributed by atoms with E-state index in [1.54, 1.807) is 12.4 Å². The van der Waals surface area contributed by atoms with Crippen LogP contribution in [0.1, 0.15) is 42.3 Å². The molecule has 158 valence electrons. The van der Waals surface area contributed by atoms with E-state index in [4.69, 9.17) is 0 Å². The highest BCUT2D eigenvalue weighted by Gasteiger charge is 2.17. The zero-order chi connectivity index (χ0) is 22.0. The highest BCUT2D eigenvalue weighted by atomic mass is 19.1. The van der Waals surface area contributed by atoms with E-state index in [0.717, 1.165) is 22.7 Å². The van der Waals surface area contributed by atoms with Gasteiger partial charge in [-0.25, -0.2) is 14.4 Å². The Morgan fingerprint density at radius 1 is 1.10 bits per heavy atom. The van der Waals surface area contributed by atoms with Crippen molar-refractivity contribution in [2.75, 3.05) is 10.6 Å². The SMILES string of the molecule is CC(C)(C)c1ccc(NC(=O)c2cc(F)cnc2NCc2ccnc3[nH]ncc23)cc1. The number of carbonyl (C=O) groups excluding carboxylic acids is 1. The van der Waals surface area contributed by atoms with E-state index in [9.17, 15) is 9.18 Å². The fourth-order valence-electron chi connectivity index (χ4n) is 3.24. The zero-order valence-corrected chi connectivity index (χ0v) is 17.5. The summed E-state index contributed by atoms with van der Waals surface area (Å²) in [7, 11) is 0. The van der Waals surface area contributed by atoms with Gasteiger partial charge in [-0.15, -0.1) is 0 Å². The molecule has 0 aliphatic carbocycles. The van der Waals surface area contributed by atoms with Crippen LogP contribution in [-0.2, 0) is 12.0 Å². The van der Waals surface area contributed by atoms with Crippen LogP contribution in [0.2, 0.25) is 0 Å². The fraction of sp³-hybridized carbons (Fsp3) is 0.217. The van der Waals surface area contributed by atoms with Crippen LogP contribution < -0.4 is 10.6 Å². The second-order valence-corrected chi connectivity index (χ2v) is 8.29. The lowest BCUT2D eigenvalue weighted by atomic mass is 9.87. The number of carbonyl (C=O) groups is 1. The summed E-state index contributed by atoms with van der Waals surface area (Å²) in [5.41, 5.74) is 3.51. The molecular formula is C23H23FN6O. The van der Waals surface area contributed by atoms with Crippen LogP contribution in [0.3, 0.4) is 0 Å². The van der Waals surface area contributed by atoms with E-state index in [2.05, 4.69) is 51.6 Å². The number of fused-ring (bicyclic) bond motifs is 1. The average Bonchev–Trinajstić information content (AvgIpc) is 3.22. The third-order valence-corrected chi connectivity index (χ3v) is 5.00. The largest absolute Gasteiger partial charge is 0.365 e. The van der Waals surface area contributed by atoms with Crippen LogP contribution in [0.5, 0.6) is 0 Å². The number of nitrogens with one attached hydrogen (secondary N) is 3. The Bertz CT molecular complexity index is 1230. The predicted molar refractivity (Wildman–Crippen MR) is 119 cm³/mol. The number of aromatic amines is 1. The number of amides is 1. The number of hydrogen-bond acceptors (Lipinski definition) is 5. The molecule has 0 spiro atoms. The van der Waals surface area contributed by atoms with Crippen LogP contribution in [0.25, 0.3) is 11.0 Å². The number of benzene rings is 1. The van der Waals surface area contributed by atoms with E-state index in [1.807, 2.05) is 30.3 Å². The van der Waals surface area contributed by atoms with E-state index in [-0.39, 0.29) is 11.0 Å². The summed E-state index contributed by atoms with van der Waals surface area (Å²) in [5, 5.41) is 13.6. The lowest BCUT2D eigenvalue weighted by Crippen LogP contribution is -2.17. The molecule has 0 bridgehead atoms. The standard InChI is InChI=1S/C23H23FN6O/c1-23(2,3)15-4-6-17(7-5-15)29-22(31)18-10-16(24)12-27-20(18)26-11-14-8-9-25-21-19(14)13-28-30-21/h4-10,12-13H,11H2,1-3H3,(H,26,27)(H,29,31)(H,25,28,30). The molecule has 0 fully saturated rings. The van der Waals surface area contributed by atoms with Crippen molar-refractivity contribution in [3.05, 3.63) is 77.5 Å². The lowest BCUT2D eigenvalue weighted by Gasteiger charge is -2.19. The number of hydrogen-bond donors (Lipinski definition) is 3. The minimum Gasteiger partial charge on any atom is -0.365 e. The molecule has 7 nitrogen and oxygen atoms in total. The summed E-state index contributed by atoms with van der Waals surface area (Å²) in [6.07, 6.45) is 4.44. The van der Waals surface area contributed by atoms with Crippen molar-refractivity contribution in [3.63, 3.8) is 0 Å². The van der Waals surface area contributed by atoms with Crippen molar-refractivity contribution in [2.24, 2.45) is 0 Å². The molecule has 1 aromatic carbocycles. The van der Waals surface area contributed by atoms with Crippen molar-refractivity contribution < 1.29 is 9.18 Å². The molecule has 0 atom stereocenters. The number of nitrogens with zero attached hydrogens (tertiary/aromatic N) is 3. The van der Waals surface area contributed by atoms with Gasteiger partial charge in [0.2, 0.25) is 0 Å². The van der Waals surface area contributed by atoms with Gasteiger partial charge in [0.1, 0.15) is 11.6 Å². The zero-order valence-electron chi connectivity index (χ0n) is 17.5. The summed E-state index contributed by atoms with van der Waals surface area (Å²) in [4.78, 5) is 21.2. The van der Waals surface area contributed by atoms with Gasteiger partial charge in [-0.05, 0) is 40.8 Å². The quantitative estimate of drug-likeness (QED) is 0.438. The van der Waals surface area contributed by atoms with Gasteiger partial charge in [0, 0.05) is 23.8 Å². The van der Waals surface area contributed by atoms with Crippen LogP contribution in [0, 0.1) is 5.82 Å². The molecule has 0 aliphatic heterocycles. The molecule has 0 saturated carbocycles. The summed E-state index contributed by atoms with van der Waals surface area (Å²) in [6.45, 7) is 6.74. The molecule has 1 amide bonds. The maximum atomic E-state index is 13.9. The average molecular weight is 418 g/mol. The number of halogens is 1. The molecule has 31 heavy (non-hydrogen) atoms. The first-order valence-corrected chi connectivity index (χ1v) is 9.89. The molecule has 0 radical (unpaired) electrons. The highest BCUT2D eigenvalue weighted by molar-refractivity contribution is 6.07. The van der Waals surface area contributed by atoms with Crippen LogP contribution in [0.4, 0.5) is 15.9 Å². The molecule has 0 aliphatic rings. The molecule has 3 heterocycles. The summed E-state index contributed by atoms with van der Waals surface area (Å²) in [5.74, 6) is -0.736. The van der Waals surface area contributed by atoms with Gasteiger partial charge in [0.05, 0.1) is 18.0 Å². The van der Waals surface area contributed by atoms with E-state index < -0.39 is 11.7 Å². The Kier molecular flexibility index (Phi) is 5.37. The number of pyridine rings is 2. The molecule has 0 unspecified atom stereocenters. The first kappa shape index (κ1) is 20.5. The molecule has 4 aromatic rings. The van der Waals surface area contributed by atoms with Gasteiger partial charge in [-0.1, -0.05) is 32.9 Å². The normalized spacial score (nSPS) is 11.5. The highest BCUT2D eigenvalue weighted by Crippen LogP contribution is 2.24. The molecule has 3 aromatic heterocycles. The van der Waals surface area contributed by atoms with Crippen LogP contribution >= 0.6 is 0 Å². The molecule has 8 heteroatoms. The lowest BCUT2D eigenvalue weighted by molar-refractivity contribution is 0.102. The fourth-order valence-corrected chi connectivity index (χ4v) is 3.24. The smallest absolute Gasteiger partial charge is 0.259 e. The van der Waals surface area contributed by atoms with Crippen LogP contribution in [-0.4, -0.2) is 26.1 Å². The van der Waals surface area contributed by atoms with Crippen molar-refractivity contribution in [3.8, 4) is 0 Å². The summed E-state index contributed by atoms with van der Waals surface area (Å²) >= 11 is 0. The van der Waals surface area contributed by atoms with Gasteiger partial charge in [-0.3, -0.25) is 9.89 Å². The van der Waals surface area contributed by atoms with E-state index in [1.165, 1.54) is 6.07 Å². The molecule has 3 N–H and O–H groups in total. The number of H-pyrrole nitrogens is 1. The Balaban J connectivity index is 1.53. The monoisotopic (exact) mass is 418 g/mol. The molecule has 0 saturated heterocycles. The summed E-state index contributed by atoms with van der Waals surface area (Å²) < 4.78 is 13.9. The molecular weight excluding hydrogens is 395 g/mol. The molecule has 4 rings (SSSR count). The first-order valence-electron chi connectivity index (χ1n) is 9.89. The number of rotatable bonds is 5. The second-order valence-electron chi connectivity index (χ2n) is 8.29. The van der Waals surface area contributed by atoms with E-state index in [0.29, 0.717) is 23.7 Å². The Morgan fingerprint density at radius 2 is 1.87 bits per heavy atom. The predicted octanol–water partition coefficient (Wildman–Crippen LogP) is 4.65. The second kappa shape index (κ2) is 8.14. The van der Waals surface area contributed by atoms with Gasteiger partial charge in [0.25, 0.3) is 5.91 Å². The maximum Gasteiger partial charge on any atom is 0.259 e. The number of anilines is 2. The third-order valence-electron chi connectivity index (χ3n) is 5.00.